The second-order valence-electron chi connectivity index (χ2n) is 6.52. The molecule has 0 bridgehead atoms. The van der Waals surface area contributed by atoms with Gasteiger partial charge in [-0.25, -0.2) is 0 Å². The van der Waals surface area contributed by atoms with Gasteiger partial charge in [0.05, 0.1) is 0 Å². The van der Waals surface area contributed by atoms with Crippen LogP contribution in [-0.4, -0.2) is 25.3 Å². The summed E-state index contributed by atoms with van der Waals surface area (Å²) in [5.74, 6) is 0. The van der Waals surface area contributed by atoms with Gasteiger partial charge >= 0.3 is 0 Å². The Labute approximate surface area is 115 Å². The molecule has 0 atom stereocenters. The molecule has 0 radical (unpaired) electrons. The largest absolute Gasteiger partial charge is 0.381 e. The van der Waals surface area contributed by atoms with Crippen molar-refractivity contribution in [3.05, 3.63) is 22.4 Å². The van der Waals surface area contributed by atoms with Gasteiger partial charge < -0.3 is 10.1 Å². The molecule has 1 aromatic heterocycles. The van der Waals surface area contributed by atoms with Gasteiger partial charge in [0.15, 0.2) is 0 Å². The summed E-state index contributed by atoms with van der Waals surface area (Å²) < 4.78 is 5.55. The molecule has 1 aliphatic rings. The summed E-state index contributed by atoms with van der Waals surface area (Å²) in [4.78, 5) is 0. The van der Waals surface area contributed by atoms with Gasteiger partial charge in [-0.15, -0.1) is 0 Å². The molecule has 1 saturated heterocycles. The lowest BCUT2D eigenvalue weighted by molar-refractivity contribution is 0.0122. The van der Waals surface area contributed by atoms with Crippen LogP contribution in [0.25, 0.3) is 0 Å². The second kappa shape index (κ2) is 5.72. The molecular weight excluding hydrogens is 242 g/mol. The lowest BCUT2D eigenvalue weighted by Gasteiger charge is -2.39. The van der Waals surface area contributed by atoms with Crippen molar-refractivity contribution in [2.24, 2.45) is 5.41 Å². The van der Waals surface area contributed by atoms with E-state index in [-0.39, 0.29) is 5.54 Å². The van der Waals surface area contributed by atoms with E-state index in [2.05, 4.69) is 42.9 Å². The van der Waals surface area contributed by atoms with Gasteiger partial charge in [0, 0.05) is 25.3 Å². The molecular formula is C15H25NOS. The van der Waals surface area contributed by atoms with Crippen LogP contribution in [0.1, 0.15) is 39.2 Å². The summed E-state index contributed by atoms with van der Waals surface area (Å²) in [6.07, 6.45) is 3.53. The summed E-state index contributed by atoms with van der Waals surface area (Å²) in [6.45, 7) is 9.64. The first-order valence-corrected chi connectivity index (χ1v) is 7.77. The molecule has 102 valence electrons. The molecule has 18 heavy (non-hydrogen) atoms. The summed E-state index contributed by atoms with van der Waals surface area (Å²) in [6, 6.07) is 2.26. The minimum atomic E-state index is 0.194. The number of nitrogens with one attached hydrogen (secondary N) is 1. The molecule has 0 aromatic carbocycles. The van der Waals surface area contributed by atoms with Gasteiger partial charge in [0.2, 0.25) is 0 Å². The van der Waals surface area contributed by atoms with Crippen LogP contribution in [0.4, 0.5) is 0 Å². The van der Waals surface area contributed by atoms with Crippen LogP contribution in [0.3, 0.4) is 0 Å². The third kappa shape index (κ3) is 4.08. The van der Waals surface area contributed by atoms with E-state index < -0.39 is 0 Å². The summed E-state index contributed by atoms with van der Waals surface area (Å²) in [5, 5.41) is 8.16. The molecule has 2 heterocycles. The zero-order chi connectivity index (χ0) is 13.1. The monoisotopic (exact) mass is 267 g/mol. The van der Waals surface area contributed by atoms with Crippen LogP contribution in [-0.2, 0) is 11.2 Å². The maximum Gasteiger partial charge on any atom is 0.0471 e. The van der Waals surface area contributed by atoms with Crippen LogP contribution in [0.15, 0.2) is 16.8 Å². The smallest absolute Gasteiger partial charge is 0.0471 e. The van der Waals surface area contributed by atoms with Crippen LogP contribution in [0.2, 0.25) is 0 Å². The van der Waals surface area contributed by atoms with Crippen molar-refractivity contribution in [2.75, 3.05) is 19.8 Å². The number of ether oxygens (including phenoxy) is 1. The number of hydrogen-bond acceptors (Lipinski definition) is 3. The fourth-order valence-corrected chi connectivity index (χ4v) is 3.17. The van der Waals surface area contributed by atoms with E-state index in [1.54, 1.807) is 11.3 Å². The van der Waals surface area contributed by atoms with Gasteiger partial charge in [-0.2, -0.15) is 11.3 Å². The zero-order valence-electron chi connectivity index (χ0n) is 11.8. The molecule has 0 unspecified atom stereocenters. The van der Waals surface area contributed by atoms with E-state index in [1.807, 2.05) is 0 Å². The zero-order valence-corrected chi connectivity index (χ0v) is 12.6. The fraction of sp³-hybridized carbons (Fsp3) is 0.733. The SMILES string of the molecule is CC(C)(C)NCC1(Cc2ccsc2)CCOCC1. The standard InChI is InChI=1S/C15H25NOS/c1-14(2,3)16-12-15(5-7-17-8-6-15)10-13-4-9-18-11-13/h4,9,11,16H,5-8,10,12H2,1-3H3. The molecule has 2 rings (SSSR count). The highest BCUT2D eigenvalue weighted by molar-refractivity contribution is 7.07. The maximum absolute atomic E-state index is 5.55. The highest BCUT2D eigenvalue weighted by atomic mass is 32.1. The average molecular weight is 267 g/mol. The Morgan fingerprint density at radius 1 is 1.33 bits per heavy atom. The predicted octanol–water partition coefficient (Wildman–Crippen LogP) is 3.48. The average Bonchev–Trinajstić information content (AvgIpc) is 2.80. The normalized spacial score (nSPS) is 19.9. The molecule has 1 aliphatic heterocycles. The van der Waals surface area contributed by atoms with E-state index in [0.29, 0.717) is 5.41 Å². The first-order chi connectivity index (χ1) is 8.49. The Hall–Kier alpha value is -0.380. The Morgan fingerprint density at radius 2 is 2.06 bits per heavy atom. The van der Waals surface area contributed by atoms with Gasteiger partial charge in [0.1, 0.15) is 0 Å². The van der Waals surface area contributed by atoms with Crippen molar-refractivity contribution in [3.63, 3.8) is 0 Å². The van der Waals surface area contributed by atoms with Crippen molar-refractivity contribution >= 4 is 11.3 Å². The highest BCUT2D eigenvalue weighted by Crippen LogP contribution is 2.34. The topological polar surface area (TPSA) is 21.3 Å². The van der Waals surface area contributed by atoms with Crippen molar-refractivity contribution < 1.29 is 4.74 Å². The molecule has 1 aromatic rings. The molecule has 0 amide bonds. The van der Waals surface area contributed by atoms with E-state index in [4.69, 9.17) is 4.74 Å². The Balaban J connectivity index is 2.02. The summed E-state index contributed by atoms with van der Waals surface area (Å²) in [5.41, 5.74) is 2.06. The highest BCUT2D eigenvalue weighted by Gasteiger charge is 2.33. The van der Waals surface area contributed by atoms with Gasteiger partial charge in [-0.3, -0.25) is 0 Å². The molecule has 1 N–H and O–H groups in total. The first kappa shape index (κ1) is 14.0. The van der Waals surface area contributed by atoms with Crippen molar-refractivity contribution in [2.45, 2.75) is 45.6 Å². The van der Waals surface area contributed by atoms with Crippen molar-refractivity contribution in [1.29, 1.82) is 0 Å². The Bertz CT molecular complexity index is 347. The second-order valence-corrected chi connectivity index (χ2v) is 7.30. The van der Waals surface area contributed by atoms with E-state index in [1.165, 1.54) is 24.8 Å². The predicted molar refractivity (Wildman–Crippen MR) is 78.3 cm³/mol. The molecule has 0 aliphatic carbocycles. The lowest BCUT2D eigenvalue weighted by atomic mass is 9.75. The maximum atomic E-state index is 5.55. The van der Waals surface area contributed by atoms with Crippen molar-refractivity contribution in [3.8, 4) is 0 Å². The molecule has 0 saturated carbocycles. The van der Waals surface area contributed by atoms with E-state index >= 15 is 0 Å². The molecule has 0 spiro atoms. The first-order valence-electron chi connectivity index (χ1n) is 6.83. The van der Waals surface area contributed by atoms with Crippen molar-refractivity contribution in [1.82, 2.24) is 5.32 Å². The molecule has 3 heteroatoms. The van der Waals surface area contributed by atoms with Gasteiger partial charge in [-0.1, -0.05) is 0 Å². The van der Waals surface area contributed by atoms with Gasteiger partial charge in [0.25, 0.3) is 0 Å². The third-order valence-corrected chi connectivity index (χ3v) is 4.44. The number of thiophene rings is 1. The van der Waals surface area contributed by atoms with E-state index in [0.717, 1.165) is 19.8 Å². The minimum absolute atomic E-state index is 0.194. The molecule has 1 fully saturated rings. The van der Waals surface area contributed by atoms with Crippen LogP contribution in [0.5, 0.6) is 0 Å². The fourth-order valence-electron chi connectivity index (χ4n) is 2.50. The number of rotatable bonds is 4. The van der Waals surface area contributed by atoms with Crippen LogP contribution >= 0.6 is 11.3 Å². The third-order valence-electron chi connectivity index (χ3n) is 3.71. The Morgan fingerprint density at radius 3 is 2.61 bits per heavy atom. The van der Waals surface area contributed by atoms with Gasteiger partial charge in [-0.05, 0) is 67.8 Å². The van der Waals surface area contributed by atoms with E-state index in [9.17, 15) is 0 Å². The quantitative estimate of drug-likeness (QED) is 0.902. The Kier molecular flexibility index (Phi) is 4.46. The summed E-state index contributed by atoms with van der Waals surface area (Å²) in [7, 11) is 0. The number of hydrogen-bond donors (Lipinski definition) is 1. The summed E-state index contributed by atoms with van der Waals surface area (Å²) >= 11 is 1.80. The van der Waals surface area contributed by atoms with Crippen LogP contribution < -0.4 is 5.32 Å². The molecule has 2 nitrogen and oxygen atoms in total. The lowest BCUT2D eigenvalue weighted by Crippen LogP contribution is -2.47. The van der Waals surface area contributed by atoms with Crippen LogP contribution in [0, 0.1) is 5.41 Å². The minimum Gasteiger partial charge on any atom is -0.381 e.